The zero-order valence-corrected chi connectivity index (χ0v) is 15.7. The molecule has 1 heterocycles. The quantitative estimate of drug-likeness (QED) is 0.855. The predicted octanol–water partition coefficient (Wildman–Crippen LogP) is 3.96. The number of ether oxygens (including phenoxy) is 1. The Hall–Kier alpha value is -2.33. The van der Waals surface area contributed by atoms with Gasteiger partial charge in [0.05, 0.1) is 18.7 Å². The van der Waals surface area contributed by atoms with Gasteiger partial charge >= 0.3 is 0 Å². The van der Waals surface area contributed by atoms with E-state index in [1.165, 1.54) is 30.4 Å². The first kappa shape index (κ1) is 18.5. The van der Waals surface area contributed by atoms with Crippen LogP contribution in [-0.2, 0) is 0 Å². The molecule has 0 bridgehead atoms. The molecule has 4 heteroatoms. The van der Waals surface area contributed by atoms with Gasteiger partial charge in [-0.05, 0) is 50.6 Å². The maximum atomic E-state index is 12.7. The van der Waals surface area contributed by atoms with Gasteiger partial charge in [-0.2, -0.15) is 0 Å². The molecule has 1 fully saturated rings. The highest BCUT2D eigenvalue weighted by Gasteiger charge is 2.23. The second-order valence-corrected chi connectivity index (χ2v) is 6.93. The Kier molecular flexibility index (Phi) is 6.29. The summed E-state index contributed by atoms with van der Waals surface area (Å²) in [5.41, 5.74) is 3.10. The number of para-hydroxylation sites is 1. The summed E-state index contributed by atoms with van der Waals surface area (Å²) in [5, 5.41) is 3.12. The molecule has 0 spiro atoms. The summed E-state index contributed by atoms with van der Waals surface area (Å²) >= 11 is 0. The monoisotopic (exact) mass is 352 g/mol. The van der Waals surface area contributed by atoms with E-state index in [1.54, 1.807) is 13.2 Å². The van der Waals surface area contributed by atoms with Gasteiger partial charge in [-0.15, -0.1) is 0 Å². The Morgan fingerprint density at radius 3 is 2.46 bits per heavy atom. The number of nitrogens with zero attached hydrogens (tertiary/aromatic N) is 1. The lowest BCUT2D eigenvalue weighted by Crippen LogP contribution is -2.40. The molecule has 1 N–H and O–H groups in total. The van der Waals surface area contributed by atoms with Gasteiger partial charge in [0.1, 0.15) is 5.75 Å². The van der Waals surface area contributed by atoms with E-state index in [-0.39, 0.29) is 11.9 Å². The number of piperidine rings is 1. The molecular weight excluding hydrogens is 324 g/mol. The first-order valence-electron chi connectivity index (χ1n) is 9.41. The molecule has 1 saturated heterocycles. The van der Waals surface area contributed by atoms with E-state index in [1.807, 2.05) is 18.2 Å². The molecule has 0 radical (unpaired) electrons. The van der Waals surface area contributed by atoms with E-state index in [0.717, 1.165) is 13.1 Å². The molecule has 0 saturated carbocycles. The molecule has 2 aromatic carbocycles. The zero-order valence-electron chi connectivity index (χ0n) is 15.7. The first-order valence-corrected chi connectivity index (χ1v) is 9.41. The molecule has 138 valence electrons. The number of carbonyl (C=O) groups is 1. The molecule has 1 aliphatic rings. The number of amides is 1. The summed E-state index contributed by atoms with van der Waals surface area (Å²) in [4.78, 5) is 15.2. The summed E-state index contributed by atoms with van der Waals surface area (Å²) < 4.78 is 5.32. The van der Waals surface area contributed by atoms with Crippen molar-refractivity contribution < 1.29 is 9.53 Å². The molecule has 1 aliphatic heterocycles. The molecule has 0 aromatic heterocycles. The summed E-state index contributed by atoms with van der Waals surface area (Å²) in [6, 6.07) is 16.2. The van der Waals surface area contributed by atoms with Gasteiger partial charge in [-0.3, -0.25) is 9.69 Å². The number of rotatable bonds is 6. The SMILES string of the molecule is COc1ccccc1C(=O)NCC(c1ccc(C)cc1)N1CCCCC1. The number of hydrogen-bond acceptors (Lipinski definition) is 3. The lowest BCUT2D eigenvalue weighted by molar-refractivity contribution is 0.0921. The molecule has 0 aliphatic carbocycles. The van der Waals surface area contributed by atoms with Crippen molar-refractivity contribution in [2.45, 2.75) is 32.2 Å². The molecule has 1 atom stereocenters. The van der Waals surface area contributed by atoms with Gasteiger partial charge in [0, 0.05) is 6.54 Å². The number of methoxy groups -OCH3 is 1. The van der Waals surface area contributed by atoms with Crippen LogP contribution in [0.1, 0.15) is 46.8 Å². The zero-order chi connectivity index (χ0) is 18.4. The molecule has 26 heavy (non-hydrogen) atoms. The highest BCUT2D eigenvalue weighted by Crippen LogP contribution is 2.25. The normalized spacial score (nSPS) is 16.1. The minimum atomic E-state index is -0.0865. The van der Waals surface area contributed by atoms with Crippen LogP contribution in [0.25, 0.3) is 0 Å². The van der Waals surface area contributed by atoms with Crippen LogP contribution in [0.5, 0.6) is 5.75 Å². The van der Waals surface area contributed by atoms with Crippen molar-refractivity contribution in [1.82, 2.24) is 10.2 Å². The van der Waals surface area contributed by atoms with E-state index in [9.17, 15) is 4.79 Å². The van der Waals surface area contributed by atoms with Crippen molar-refractivity contribution in [3.05, 3.63) is 65.2 Å². The Morgan fingerprint density at radius 1 is 1.08 bits per heavy atom. The van der Waals surface area contributed by atoms with Crippen LogP contribution in [0.4, 0.5) is 0 Å². The fraction of sp³-hybridized carbons (Fsp3) is 0.409. The van der Waals surface area contributed by atoms with Crippen molar-refractivity contribution in [3.8, 4) is 5.75 Å². The molecule has 2 aromatic rings. The van der Waals surface area contributed by atoms with E-state index >= 15 is 0 Å². The number of nitrogens with one attached hydrogen (secondary N) is 1. The minimum absolute atomic E-state index is 0.0865. The Balaban J connectivity index is 1.75. The summed E-state index contributed by atoms with van der Waals surface area (Å²) in [6.07, 6.45) is 3.75. The van der Waals surface area contributed by atoms with Crippen LogP contribution in [0.2, 0.25) is 0 Å². The van der Waals surface area contributed by atoms with Crippen molar-refractivity contribution in [2.24, 2.45) is 0 Å². The van der Waals surface area contributed by atoms with Crippen LogP contribution >= 0.6 is 0 Å². The lowest BCUT2D eigenvalue weighted by Gasteiger charge is -2.35. The Bertz CT molecular complexity index is 721. The number of hydrogen-bond donors (Lipinski definition) is 1. The van der Waals surface area contributed by atoms with Gasteiger partial charge in [-0.1, -0.05) is 48.4 Å². The molecule has 4 nitrogen and oxygen atoms in total. The fourth-order valence-electron chi connectivity index (χ4n) is 3.59. The lowest BCUT2D eigenvalue weighted by atomic mass is 10.0. The minimum Gasteiger partial charge on any atom is -0.496 e. The first-order chi connectivity index (χ1) is 12.7. The highest BCUT2D eigenvalue weighted by molar-refractivity contribution is 5.96. The van der Waals surface area contributed by atoms with Crippen molar-refractivity contribution in [3.63, 3.8) is 0 Å². The second kappa shape index (κ2) is 8.86. The average Bonchev–Trinajstić information content (AvgIpc) is 2.70. The standard InChI is InChI=1S/C22H28N2O2/c1-17-10-12-18(13-11-17)20(24-14-6-3-7-15-24)16-23-22(25)19-8-4-5-9-21(19)26-2/h4-5,8-13,20H,3,6-7,14-16H2,1-2H3,(H,23,25). The fourth-order valence-corrected chi connectivity index (χ4v) is 3.59. The van der Waals surface area contributed by atoms with E-state index in [4.69, 9.17) is 4.74 Å². The van der Waals surface area contributed by atoms with Gasteiger partial charge < -0.3 is 10.1 Å². The van der Waals surface area contributed by atoms with Gasteiger partial charge in [0.25, 0.3) is 5.91 Å². The molecule has 1 unspecified atom stereocenters. The van der Waals surface area contributed by atoms with E-state index in [0.29, 0.717) is 17.9 Å². The third-order valence-corrected chi connectivity index (χ3v) is 5.10. The third-order valence-electron chi connectivity index (χ3n) is 5.10. The number of carbonyl (C=O) groups excluding carboxylic acids is 1. The van der Waals surface area contributed by atoms with Gasteiger partial charge in [0.2, 0.25) is 0 Å². The van der Waals surface area contributed by atoms with Crippen LogP contribution in [0.3, 0.4) is 0 Å². The summed E-state index contributed by atoms with van der Waals surface area (Å²) in [5.74, 6) is 0.520. The molecule has 1 amide bonds. The number of likely N-dealkylation sites (tertiary alicyclic amines) is 1. The third kappa shape index (κ3) is 4.44. The van der Waals surface area contributed by atoms with Gasteiger partial charge in [0.15, 0.2) is 0 Å². The predicted molar refractivity (Wildman–Crippen MR) is 105 cm³/mol. The number of benzene rings is 2. The summed E-state index contributed by atoms with van der Waals surface area (Å²) in [7, 11) is 1.59. The van der Waals surface area contributed by atoms with Gasteiger partial charge in [-0.25, -0.2) is 0 Å². The van der Waals surface area contributed by atoms with Crippen molar-refractivity contribution >= 4 is 5.91 Å². The van der Waals surface area contributed by atoms with Crippen molar-refractivity contribution in [2.75, 3.05) is 26.7 Å². The number of aryl methyl sites for hydroxylation is 1. The second-order valence-electron chi connectivity index (χ2n) is 6.93. The Morgan fingerprint density at radius 2 is 1.77 bits per heavy atom. The van der Waals surface area contributed by atoms with Crippen LogP contribution in [0, 0.1) is 6.92 Å². The molecule has 3 rings (SSSR count). The Labute approximate surface area is 156 Å². The van der Waals surface area contributed by atoms with E-state index < -0.39 is 0 Å². The largest absolute Gasteiger partial charge is 0.496 e. The maximum absolute atomic E-state index is 12.7. The smallest absolute Gasteiger partial charge is 0.255 e. The topological polar surface area (TPSA) is 41.6 Å². The van der Waals surface area contributed by atoms with Crippen LogP contribution < -0.4 is 10.1 Å². The van der Waals surface area contributed by atoms with Crippen LogP contribution in [0.15, 0.2) is 48.5 Å². The highest BCUT2D eigenvalue weighted by atomic mass is 16.5. The average molecular weight is 352 g/mol. The maximum Gasteiger partial charge on any atom is 0.255 e. The molecular formula is C22H28N2O2. The van der Waals surface area contributed by atoms with Crippen molar-refractivity contribution in [1.29, 1.82) is 0 Å². The van der Waals surface area contributed by atoms with Crippen LogP contribution in [-0.4, -0.2) is 37.6 Å². The summed E-state index contributed by atoms with van der Waals surface area (Å²) in [6.45, 7) is 4.87. The van der Waals surface area contributed by atoms with E-state index in [2.05, 4.69) is 41.4 Å².